The number of hydrogen-bond acceptors (Lipinski definition) is 3. The van der Waals surface area contributed by atoms with Crippen molar-refractivity contribution in [2.45, 2.75) is 25.8 Å². The first-order chi connectivity index (χ1) is 6.29. The molecule has 0 aromatic rings. The molecule has 1 atom stereocenters. The molecule has 0 radical (unpaired) electrons. The molecular formula is C9H14N2OS. The Morgan fingerprint density at radius 2 is 2.54 bits per heavy atom. The van der Waals surface area contributed by atoms with Gasteiger partial charge >= 0.3 is 0 Å². The Hall–Kier alpha value is -0.690. The molecule has 4 heteroatoms. The smallest absolute Gasteiger partial charge is 0.237 e. The largest absolute Gasteiger partial charge is 0.338 e. The maximum Gasteiger partial charge on any atom is 0.237 e. The van der Waals surface area contributed by atoms with Gasteiger partial charge in [-0.05, 0) is 19.1 Å². The summed E-state index contributed by atoms with van der Waals surface area (Å²) in [5.41, 5.74) is 0. The maximum atomic E-state index is 11.5. The van der Waals surface area contributed by atoms with Gasteiger partial charge in [0.25, 0.3) is 0 Å². The fourth-order valence-corrected chi connectivity index (χ4v) is 2.80. The van der Waals surface area contributed by atoms with Crippen molar-refractivity contribution < 1.29 is 4.79 Å². The van der Waals surface area contributed by atoms with Crippen LogP contribution in [-0.4, -0.2) is 34.9 Å². The quantitative estimate of drug-likeness (QED) is 0.685. The summed E-state index contributed by atoms with van der Waals surface area (Å²) >= 11 is 1.88. The van der Waals surface area contributed by atoms with E-state index in [1.807, 2.05) is 29.7 Å². The average molecular weight is 198 g/mol. The Morgan fingerprint density at radius 1 is 1.77 bits per heavy atom. The number of rotatable bonds is 3. The van der Waals surface area contributed by atoms with E-state index < -0.39 is 0 Å². The Morgan fingerprint density at radius 3 is 3.00 bits per heavy atom. The van der Waals surface area contributed by atoms with Gasteiger partial charge in [0.15, 0.2) is 0 Å². The Bertz CT molecular complexity index is 218. The minimum atomic E-state index is -0.0162. The molecule has 0 N–H and O–H groups in total. The highest BCUT2D eigenvalue weighted by Crippen LogP contribution is 2.22. The zero-order chi connectivity index (χ0) is 9.68. The third-order valence-electron chi connectivity index (χ3n) is 2.24. The van der Waals surface area contributed by atoms with Crippen LogP contribution in [0, 0.1) is 11.3 Å². The van der Waals surface area contributed by atoms with Crippen LogP contribution in [0.1, 0.15) is 19.8 Å². The molecule has 1 rings (SSSR count). The van der Waals surface area contributed by atoms with Gasteiger partial charge in [0.2, 0.25) is 5.91 Å². The molecule has 0 aromatic heterocycles. The second kappa shape index (κ2) is 5.13. The summed E-state index contributed by atoms with van der Waals surface area (Å²) in [5, 5.41) is 8.42. The van der Waals surface area contributed by atoms with Gasteiger partial charge < -0.3 is 4.90 Å². The molecule has 0 bridgehead atoms. The summed E-state index contributed by atoms with van der Waals surface area (Å²) < 4.78 is 0. The first kappa shape index (κ1) is 10.4. The molecule has 1 unspecified atom stereocenters. The van der Waals surface area contributed by atoms with E-state index in [0.717, 1.165) is 24.5 Å². The summed E-state index contributed by atoms with van der Waals surface area (Å²) in [5.74, 6) is 2.16. The normalized spacial score (nSPS) is 21.1. The first-order valence-corrected chi connectivity index (χ1v) is 5.69. The summed E-state index contributed by atoms with van der Waals surface area (Å²) in [6.45, 7) is 2.70. The molecule has 72 valence electrons. The van der Waals surface area contributed by atoms with E-state index >= 15 is 0 Å². The number of amides is 1. The van der Waals surface area contributed by atoms with Crippen LogP contribution in [-0.2, 0) is 4.79 Å². The predicted octanol–water partition coefficient (Wildman–Crippen LogP) is 1.25. The Kier molecular flexibility index (Phi) is 4.10. The number of carbonyl (C=O) groups is 1. The van der Waals surface area contributed by atoms with Crippen molar-refractivity contribution in [3.8, 4) is 6.07 Å². The van der Waals surface area contributed by atoms with Crippen molar-refractivity contribution in [2.24, 2.45) is 0 Å². The monoisotopic (exact) mass is 198 g/mol. The molecule has 1 saturated heterocycles. The number of nitrogens with zero attached hydrogens (tertiary/aromatic N) is 2. The van der Waals surface area contributed by atoms with E-state index in [-0.39, 0.29) is 12.3 Å². The Balaban J connectivity index is 2.50. The molecule has 13 heavy (non-hydrogen) atoms. The van der Waals surface area contributed by atoms with E-state index in [2.05, 4.69) is 0 Å². The molecule has 0 aliphatic carbocycles. The van der Waals surface area contributed by atoms with Crippen LogP contribution >= 0.6 is 11.8 Å². The third-order valence-corrected chi connectivity index (χ3v) is 3.38. The maximum absolute atomic E-state index is 11.5. The van der Waals surface area contributed by atoms with Gasteiger partial charge in [-0.3, -0.25) is 4.79 Å². The lowest BCUT2D eigenvalue weighted by atomic mass is 10.2. The fraction of sp³-hybridized carbons (Fsp3) is 0.778. The number of carbonyl (C=O) groups excluding carboxylic acids is 1. The lowest BCUT2D eigenvalue weighted by Gasteiger charge is -2.26. The highest BCUT2D eigenvalue weighted by atomic mass is 32.2. The van der Waals surface area contributed by atoms with Gasteiger partial charge in [-0.25, -0.2) is 0 Å². The van der Waals surface area contributed by atoms with Crippen molar-refractivity contribution in [3.63, 3.8) is 0 Å². The highest BCUT2D eigenvalue weighted by Gasteiger charge is 2.25. The third kappa shape index (κ3) is 2.63. The van der Waals surface area contributed by atoms with E-state index in [1.165, 1.54) is 0 Å². The number of nitriles is 1. The molecule has 1 fully saturated rings. The van der Waals surface area contributed by atoms with E-state index in [9.17, 15) is 4.79 Å². The van der Waals surface area contributed by atoms with E-state index in [0.29, 0.717) is 6.04 Å². The molecular weight excluding hydrogens is 184 g/mol. The number of thioether (sulfide) groups is 1. The topological polar surface area (TPSA) is 44.1 Å². The van der Waals surface area contributed by atoms with E-state index in [1.54, 1.807) is 0 Å². The lowest BCUT2D eigenvalue weighted by Crippen LogP contribution is -2.39. The van der Waals surface area contributed by atoms with Crippen molar-refractivity contribution in [1.29, 1.82) is 5.26 Å². The highest BCUT2D eigenvalue weighted by molar-refractivity contribution is 7.99. The van der Waals surface area contributed by atoms with Crippen molar-refractivity contribution in [3.05, 3.63) is 0 Å². The molecule has 1 aliphatic heterocycles. The van der Waals surface area contributed by atoms with Crippen LogP contribution in [0.5, 0.6) is 0 Å². The number of hydrogen-bond donors (Lipinski definition) is 0. The zero-order valence-corrected chi connectivity index (χ0v) is 8.64. The molecule has 0 aromatic carbocycles. The summed E-state index contributed by atoms with van der Waals surface area (Å²) in [4.78, 5) is 13.3. The van der Waals surface area contributed by atoms with Gasteiger partial charge in [0, 0.05) is 18.3 Å². The van der Waals surface area contributed by atoms with Crippen LogP contribution in [0.4, 0.5) is 0 Å². The minimum Gasteiger partial charge on any atom is -0.338 e. The minimum absolute atomic E-state index is 0.0162. The van der Waals surface area contributed by atoms with Crippen LogP contribution in [0.15, 0.2) is 0 Å². The van der Waals surface area contributed by atoms with Crippen LogP contribution < -0.4 is 0 Å². The predicted molar refractivity (Wildman–Crippen MR) is 53.3 cm³/mol. The van der Waals surface area contributed by atoms with Crippen LogP contribution in [0.2, 0.25) is 0 Å². The van der Waals surface area contributed by atoms with Crippen molar-refractivity contribution >= 4 is 17.7 Å². The van der Waals surface area contributed by atoms with Crippen LogP contribution in [0.25, 0.3) is 0 Å². The summed E-state index contributed by atoms with van der Waals surface area (Å²) in [6.07, 6.45) is 1.10. The van der Waals surface area contributed by atoms with Gasteiger partial charge in [-0.1, -0.05) is 0 Å². The Labute approximate surface area is 83.1 Å². The van der Waals surface area contributed by atoms with Crippen molar-refractivity contribution in [2.75, 3.05) is 18.1 Å². The van der Waals surface area contributed by atoms with Gasteiger partial charge in [0.1, 0.15) is 6.42 Å². The SMILES string of the molecule is CCN(C(=O)CC#N)C1CCSC1. The van der Waals surface area contributed by atoms with Crippen LogP contribution in [0.3, 0.4) is 0 Å². The first-order valence-electron chi connectivity index (χ1n) is 4.53. The second-order valence-electron chi connectivity index (χ2n) is 3.03. The van der Waals surface area contributed by atoms with Crippen molar-refractivity contribution in [1.82, 2.24) is 4.90 Å². The average Bonchev–Trinajstić information content (AvgIpc) is 2.59. The molecule has 1 amide bonds. The van der Waals surface area contributed by atoms with Gasteiger partial charge in [-0.2, -0.15) is 17.0 Å². The molecule has 0 saturated carbocycles. The van der Waals surface area contributed by atoms with E-state index in [4.69, 9.17) is 5.26 Å². The fourth-order valence-electron chi connectivity index (χ4n) is 1.58. The molecule has 1 aliphatic rings. The summed E-state index contributed by atoms with van der Waals surface area (Å²) in [6, 6.07) is 2.28. The molecule has 0 spiro atoms. The molecule has 1 heterocycles. The van der Waals surface area contributed by atoms with Gasteiger partial charge in [0.05, 0.1) is 6.07 Å². The summed E-state index contributed by atoms with van der Waals surface area (Å²) in [7, 11) is 0. The lowest BCUT2D eigenvalue weighted by molar-refractivity contribution is -0.131. The standard InChI is InChI=1S/C9H14N2OS/c1-2-11(9(12)3-5-10)8-4-6-13-7-8/h8H,2-4,6-7H2,1H3. The van der Waals surface area contributed by atoms with Gasteiger partial charge in [-0.15, -0.1) is 0 Å². The second-order valence-corrected chi connectivity index (χ2v) is 4.18. The molecule has 3 nitrogen and oxygen atoms in total. The zero-order valence-electron chi connectivity index (χ0n) is 7.82.